The molecule has 0 bridgehead atoms. The molecule has 9 nitrogen and oxygen atoms in total. The first-order valence-corrected chi connectivity index (χ1v) is 8.17. The molecule has 0 aliphatic heterocycles. The number of alkyl halides is 2. The number of carboxylic acid groups (broad SMARTS) is 1. The number of carbonyl (C=O) groups excluding carboxylic acids is 3. The minimum absolute atomic E-state index is 0. The number of nitrogens with zero attached hydrogens (tertiary/aromatic N) is 1. The maximum atomic E-state index is 11.1. The van der Waals surface area contributed by atoms with E-state index in [-0.39, 0.29) is 94.0 Å². The van der Waals surface area contributed by atoms with Gasteiger partial charge in [0, 0.05) is 18.1 Å². The summed E-state index contributed by atoms with van der Waals surface area (Å²) in [5.41, 5.74) is 5.47. The smallest absolute Gasteiger partial charge is 0.550 e. The summed E-state index contributed by atoms with van der Waals surface area (Å²) >= 11 is 9.81. The number of nitrogens with two attached hydrogens (primary N) is 1. The van der Waals surface area contributed by atoms with Gasteiger partial charge >= 0.3 is 74.9 Å². The maximum Gasteiger partial charge on any atom is 1.00 e. The molecule has 0 aromatic heterocycles. The molecule has 0 unspecified atom stereocenters. The van der Waals surface area contributed by atoms with Crippen LogP contribution < -0.4 is 79.7 Å². The number of carboxylic acids is 1. The van der Waals surface area contributed by atoms with Crippen LogP contribution in [0.2, 0.25) is 0 Å². The minimum Gasteiger partial charge on any atom is -0.550 e. The Morgan fingerprint density at radius 3 is 2.07 bits per heavy atom. The number of aliphatic carboxylic acids is 1. The predicted molar refractivity (Wildman–Crippen MR) is 91.3 cm³/mol. The van der Waals surface area contributed by atoms with E-state index in [1.807, 2.05) is 0 Å². The summed E-state index contributed by atoms with van der Waals surface area (Å²) in [5.74, 6) is -2.57. The summed E-state index contributed by atoms with van der Waals surface area (Å²) in [7, 11) is 0. The average molecular weight is 541 g/mol. The number of aryl methyl sites for hydroxylation is 1. The van der Waals surface area contributed by atoms with Crippen molar-refractivity contribution in [3.8, 4) is 0 Å². The zero-order chi connectivity index (χ0) is 20.1. The molecule has 0 spiro atoms. The van der Waals surface area contributed by atoms with E-state index in [0.29, 0.717) is 12.8 Å². The Morgan fingerprint density at radius 1 is 1.15 bits per heavy atom. The van der Waals surface area contributed by atoms with Gasteiger partial charge in [-0.25, -0.2) is 0 Å². The van der Waals surface area contributed by atoms with Crippen LogP contribution in [0.3, 0.4) is 0 Å². The van der Waals surface area contributed by atoms with Crippen molar-refractivity contribution in [3.63, 3.8) is 0 Å². The first-order chi connectivity index (χ1) is 12.1. The number of nitro groups is 1. The van der Waals surface area contributed by atoms with Gasteiger partial charge in [0.05, 0.1) is 18.0 Å². The second-order valence-electron chi connectivity index (χ2n) is 4.82. The Morgan fingerprint density at radius 2 is 1.67 bits per heavy atom. The van der Waals surface area contributed by atoms with E-state index in [1.165, 1.54) is 12.1 Å². The third-order valence-corrected chi connectivity index (χ3v) is 3.20. The number of hydrogen-bond acceptors (Lipinski definition) is 7. The standard InChI is InChI=1S/C13H15NO6.C2H3Cl2NO.Cs/c15-12(16)7-8-13(17)20-9-1-2-10-3-5-11(6-4-10)14(18)19;3-1(4)2(5)6;/h3-6H,1-2,7-9H2,(H,15,16);1H,(H2,5,6);/q;;+1/p-1. The summed E-state index contributed by atoms with van der Waals surface area (Å²) < 4.78 is 4.84. The van der Waals surface area contributed by atoms with Crippen molar-refractivity contribution in [1.29, 1.82) is 0 Å². The van der Waals surface area contributed by atoms with Gasteiger partial charge in [0.2, 0.25) is 0 Å². The molecule has 0 aliphatic rings. The quantitative estimate of drug-likeness (QED) is 0.123. The molecule has 0 atom stereocenters. The van der Waals surface area contributed by atoms with Crippen molar-refractivity contribution in [3.05, 3.63) is 39.9 Å². The largest absolute Gasteiger partial charge is 1.00 e. The molecule has 1 amide bonds. The van der Waals surface area contributed by atoms with Crippen LogP contribution in [-0.4, -0.2) is 34.2 Å². The van der Waals surface area contributed by atoms with Gasteiger partial charge < -0.3 is 20.4 Å². The number of benzene rings is 1. The number of rotatable bonds is 9. The Labute approximate surface area is 224 Å². The fraction of sp³-hybridized carbons (Fsp3) is 0.400. The third-order valence-electron chi connectivity index (χ3n) is 2.77. The first-order valence-electron chi connectivity index (χ1n) is 7.29. The fourth-order valence-electron chi connectivity index (χ4n) is 1.52. The van der Waals surface area contributed by atoms with Crippen molar-refractivity contribution in [2.75, 3.05) is 6.61 Å². The van der Waals surface area contributed by atoms with Crippen LogP contribution in [0.5, 0.6) is 0 Å². The predicted octanol–water partition coefficient (Wildman–Crippen LogP) is -2.12. The molecule has 1 aromatic carbocycles. The second kappa shape index (κ2) is 16.6. The Balaban J connectivity index is 0. The number of amides is 1. The van der Waals surface area contributed by atoms with E-state index in [1.54, 1.807) is 12.1 Å². The topological polar surface area (TPSA) is 153 Å². The van der Waals surface area contributed by atoms with E-state index in [0.717, 1.165) is 5.56 Å². The normalized spacial score (nSPS) is 9.44. The number of halogens is 2. The molecule has 1 rings (SSSR count). The van der Waals surface area contributed by atoms with Crippen LogP contribution in [0.4, 0.5) is 5.69 Å². The molecule has 0 saturated carbocycles. The first kappa shape index (κ1) is 28.9. The van der Waals surface area contributed by atoms with Gasteiger partial charge in [-0.1, -0.05) is 35.3 Å². The molecule has 1 aromatic rings. The van der Waals surface area contributed by atoms with E-state index in [4.69, 9.17) is 27.9 Å². The van der Waals surface area contributed by atoms with E-state index < -0.39 is 27.6 Å². The Hall–Kier alpha value is -0.338. The van der Waals surface area contributed by atoms with Crippen molar-refractivity contribution in [2.24, 2.45) is 5.73 Å². The molecular weight excluding hydrogens is 524 g/mol. The van der Waals surface area contributed by atoms with Crippen LogP contribution in [-0.2, 0) is 25.5 Å². The number of esters is 1. The maximum absolute atomic E-state index is 11.1. The summed E-state index contributed by atoms with van der Waals surface area (Å²) in [5, 5.41) is 20.6. The van der Waals surface area contributed by atoms with E-state index in [2.05, 4.69) is 5.73 Å². The van der Waals surface area contributed by atoms with Crippen LogP contribution >= 0.6 is 23.2 Å². The monoisotopic (exact) mass is 540 g/mol. The summed E-state index contributed by atoms with van der Waals surface area (Å²) in [6, 6.07) is 6.13. The van der Waals surface area contributed by atoms with Gasteiger partial charge in [-0.2, -0.15) is 0 Å². The molecule has 0 radical (unpaired) electrons. The third kappa shape index (κ3) is 16.3. The Bertz CT molecular complexity index is 627. The molecule has 0 aliphatic carbocycles. The molecule has 0 fully saturated rings. The average Bonchev–Trinajstić information content (AvgIpc) is 2.57. The molecule has 0 saturated heterocycles. The number of non-ortho nitro benzene ring substituents is 1. The Kier molecular flexibility index (Phi) is 17.7. The van der Waals surface area contributed by atoms with Crippen molar-refractivity contribution in [1.82, 2.24) is 0 Å². The number of ether oxygens (including phenoxy) is 1. The van der Waals surface area contributed by atoms with Gasteiger partial charge in [-0.15, -0.1) is 0 Å². The van der Waals surface area contributed by atoms with Gasteiger partial charge in [-0.3, -0.25) is 19.7 Å². The second-order valence-corrected chi connectivity index (χ2v) is 5.92. The zero-order valence-corrected chi connectivity index (χ0v) is 22.4. The molecule has 144 valence electrons. The number of primary amides is 1. The fourth-order valence-corrected chi connectivity index (χ4v) is 1.52. The molecular formula is C15H17Cl2CsN2O7. The van der Waals surface area contributed by atoms with Crippen LogP contribution in [0.1, 0.15) is 24.8 Å². The minimum atomic E-state index is -1.28. The SMILES string of the molecule is NC(=O)C(Cl)Cl.O=C([O-])CCC(=O)OCCCc1ccc([N+](=O)[O-])cc1.[Cs+]. The summed E-state index contributed by atoms with van der Waals surface area (Å²) in [6.07, 6.45) is 0.641. The van der Waals surface area contributed by atoms with Gasteiger partial charge in [0.15, 0.2) is 4.84 Å². The number of hydrogen-bond donors (Lipinski definition) is 1. The molecule has 2 N–H and O–H groups in total. The van der Waals surface area contributed by atoms with Gasteiger partial charge in [0.25, 0.3) is 11.6 Å². The van der Waals surface area contributed by atoms with E-state index >= 15 is 0 Å². The van der Waals surface area contributed by atoms with E-state index in [9.17, 15) is 29.6 Å². The summed E-state index contributed by atoms with van der Waals surface area (Å²) in [6.45, 7) is 0.183. The number of nitro benzene ring substituents is 1. The van der Waals surface area contributed by atoms with Gasteiger partial charge in [0.1, 0.15) is 0 Å². The van der Waals surface area contributed by atoms with Crippen LogP contribution in [0.25, 0.3) is 0 Å². The van der Waals surface area contributed by atoms with Crippen LogP contribution in [0.15, 0.2) is 24.3 Å². The summed E-state index contributed by atoms with van der Waals surface area (Å²) in [4.78, 5) is 39.8. The van der Waals surface area contributed by atoms with Crippen molar-refractivity contribution < 1.29 is 98.0 Å². The van der Waals surface area contributed by atoms with Crippen molar-refractivity contribution in [2.45, 2.75) is 30.5 Å². The van der Waals surface area contributed by atoms with Crippen molar-refractivity contribution >= 4 is 46.7 Å². The van der Waals surface area contributed by atoms with Crippen LogP contribution in [0, 0.1) is 10.1 Å². The molecule has 12 heteroatoms. The molecule has 27 heavy (non-hydrogen) atoms. The van der Waals surface area contributed by atoms with Gasteiger partial charge in [-0.05, 0) is 24.8 Å². The molecule has 0 heterocycles. The zero-order valence-electron chi connectivity index (χ0n) is 14.6. The number of carbonyl (C=O) groups is 3.